The van der Waals surface area contributed by atoms with Gasteiger partial charge in [-0.15, -0.1) is 0 Å². The molecule has 0 bridgehead atoms. The number of phenols is 1. The van der Waals surface area contributed by atoms with E-state index >= 15 is 0 Å². The number of benzene rings is 2. The Bertz CT molecular complexity index is 768. The molecule has 1 N–H and O–H groups in total. The maximum Gasteiger partial charge on any atom is 0.264 e. The van der Waals surface area contributed by atoms with Gasteiger partial charge in [0.05, 0.1) is 10.6 Å². The van der Waals surface area contributed by atoms with Gasteiger partial charge in [-0.3, -0.25) is 4.31 Å². The van der Waals surface area contributed by atoms with Crippen LogP contribution in [0.15, 0.2) is 41.3 Å². The Morgan fingerprint density at radius 2 is 1.55 bits per heavy atom. The highest BCUT2D eigenvalue weighted by atomic mass is 32.2. The minimum Gasteiger partial charge on any atom is -0.508 e. The topological polar surface area (TPSA) is 57.6 Å². The Morgan fingerprint density at radius 3 is 2.00 bits per heavy atom. The fourth-order valence-electron chi connectivity index (χ4n) is 1.92. The Balaban J connectivity index is 2.54. The highest BCUT2D eigenvalue weighted by molar-refractivity contribution is 7.92. The molecule has 0 radical (unpaired) electrons. The van der Waals surface area contributed by atoms with Crippen molar-refractivity contribution in [3.63, 3.8) is 0 Å². The molecular formula is C14H12F3NO3S. The lowest BCUT2D eigenvalue weighted by Crippen LogP contribution is -2.31. The predicted molar refractivity (Wildman–Crippen MR) is 74.6 cm³/mol. The van der Waals surface area contributed by atoms with Crippen molar-refractivity contribution in [2.45, 2.75) is 11.8 Å². The predicted octanol–water partition coefficient (Wildman–Crippen LogP) is 3.02. The number of aromatic hydroxyl groups is 1. The smallest absolute Gasteiger partial charge is 0.264 e. The average Bonchev–Trinajstić information content (AvgIpc) is 2.46. The van der Waals surface area contributed by atoms with E-state index in [-0.39, 0.29) is 18.0 Å². The van der Waals surface area contributed by atoms with Crippen LogP contribution in [-0.2, 0) is 10.0 Å². The summed E-state index contributed by atoms with van der Waals surface area (Å²) in [4.78, 5) is -0.696. The third-order valence-electron chi connectivity index (χ3n) is 2.97. The van der Waals surface area contributed by atoms with Crippen LogP contribution in [0.1, 0.15) is 6.92 Å². The molecule has 0 aromatic heterocycles. The monoisotopic (exact) mass is 331 g/mol. The Morgan fingerprint density at radius 1 is 1.05 bits per heavy atom. The van der Waals surface area contributed by atoms with E-state index in [0.29, 0.717) is 12.1 Å². The summed E-state index contributed by atoms with van der Waals surface area (Å²) in [5, 5.41) is 9.23. The maximum atomic E-state index is 13.3. The molecule has 2 aromatic carbocycles. The van der Waals surface area contributed by atoms with Crippen molar-refractivity contribution in [1.82, 2.24) is 0 Å². The first-order chi connectivity index (χ1) is 10.3. The van der Waals surface area contributed by atoms with Crippen LogP contribution in [0, 0.1) is 17.5 Å². The zero-order valence-electron chi connectivity index (χ0n) is 11.4. The van der Waals surface area contributed by atoms with Crippen LogP contribution in [0.2, 0.25) is 0 Å². The number of phenolic OH excluding ortho intramolecular Hbond substituents is 1. The Labute approximate surface area is 125 Å². The van der Waals surface area contributed by atoms with Gasteiger partial charge >= 0.3 is 0 Å². The third-order valence-corrected chi connectivity index (χ3v) is 4.85. The van der Waals surface area contributed by atoms with Gasteiger partial charge in [0.25, 0.3) is 10.0 Å². The van der Waals surface area contributed by atoms with Crippen LogP contribution in [0.25, 0.3) is 0 Å². The lowest BCUT2D eigenvalue weighted by Gasteiger charge is -2.23. The van der Waals surface area contributed by atoms with E-state index in [2.05, 4.69) is 0 Å². The number of hydrogen-bond acceptors (Lipinski definition) is 3. The molecule has 118 valence electrons. The number of halogens is 3. The molecule has 8 heteroatoms. The second-order valence-electron chi connectivity index (χ2n) is 4.39. The van der Waals surface area contributed by atoms with Crippen molar-refractivity contribution in [1.29, 1.82) is 0 Å². The van der Waals surface area contributed by atoms with Crippen LogP contribution in [0.4, 0.5) is 18.9 Å². The molecule has 0 atom stereocenters. The molecular weight excluding hydrogens is 319 g/mol. The summed E-state index contributed by atoms with van der Waals surface area (Å²) < 4.78 is 65.3. The average molecular weight is 331 g/mol. The van der Waals surface area contributed by atoms with E-state index in [1.54, 1.807) is 0 Å². The summed E-state index contributed by atoms with van der Waals surface area (Å²) in [6, 6.07) is 6.09. The molecule has 0 spiro atoms. The fraction of sp³-hybridized carbons (Fsp3) is 0.143. The second-order valence-corrected chi connectivity index (χ2v) is 6.25. The molecule has 4 nitrogen and oxygen atoms in total. The van der Waals surface area contributed by atoms with Gasteiger partial charge in [0.1, 0.15) is 5.75 Å². The van der Waals surface area contributed by atoms with E-state index in [1.807, 2.05) is 0 Å². The summed E-state index contributed by atoms with van der Waals surface area (Å²) >= 11 is 0. The Hall–Kier alpha value is -2.22. The first-order valence-electron chi connectivity index (χ1n) is 6.23. The van der Waals surface area contributed by atoms with E-state index in [1.165, 1.54) is 31.2 Å². The van der Waals surface area contributed by atoms with Crippen LogP contribution in [0.5, 0.6) is 5.75 Å². The second kappa shape index (κ2) is 5.88. The first kappa shape index (κ1) is 16.2. The van der Waals surface area contributed by atoms with Crippen LogP contribution in [0.3, 0.4) is 0 Å². The number of sulfonamides is 1. The van der Waals surface area contributed by atoms with Crippen molar-refractivity contribution >= 4 is 15.7 Å². The van der Waals surface area contributed by atoms with E-state index in [4.69, 9.17) is 0 Å². The van der Waals surface area contributed by atoms with Crippen molar-refractivity contribution in [3.8, 4) is 5.75 Å². The highest BCUT2D eigenvalue weighted by Gasteiger charge is 2.26. The summed E-state index contributed by atoms with van der Waals surface area (Å²) in [5.41, 5.74) is 0.199. The molecule has 0 fully saturated rings. The number of rotatable bonds is 4. The fourth-order valence-corrected chi connectivity index (χ4v) is 3.42. The number of anilines is 1. The third kappa shape index (κ3) is 2.87. The largest absolute Gasteiger partial charge is 0.508 e. The molecule has 0 heterocycles. The summed E-state index contributed by atoms with van der Waals surface area (Å²) in [6.07, 6.45) is 0. The van der Waals surface area contributed by atoms with Gasteiger partial charge in [-0.25, -0.2) is 21.6 Å². The molecule has 2 rings (SSSR count). The quantitative estimate of drug-likeness (QED) is 0.876. The highest BCUT2D eigenvalue weighted by Crippen LogP contribution is 2.26. The normalized spacial score (nSPS) is 11.5. The van der Waals surface area contributed by atoms with Gasteiger partial charge in [0.15, 0.2) is 17.5 Å². The maximum absolute atomic E-state index is 13.3. The molecule has 0 aliphatic carbocycles. The van der Waals surface area contributed by atoms with Gasteiger partial charge in [-0.1, -0.05) is 0 Å². The zero-order chi connectivity index (χ0) is 16.5. The minimum atomic E-state index is -4.27. The summed E-state index contributed by atoms with van der Waals surface area (Å²) in [6.45, 7) is 1.51. The van der Waals surface area contributed by atoms with Crippen LogP contribution < -0.4 is 4.31 Å². The lowest BCUT2D eigenvalue weighted by molar-refractivity contribution is 0.442. The van der Waals surface area contributed by atoms with Gasteiger partial charge < -0.3 is 5.11 Å². The van der Waals surface area contributed by atoms with Crippen LogP contribution >= 0.6 is 0 Å². The number of hydrogen-bond donors (Lipinski definition) is 1. The van der Waals surface area contributed by atoms with Gasteiger partial charge in [-0.05, 0) is 43.3 Å². The van der Waals surface area contributed by atoms with Gasteiger partial charge in [0, 0.05) is 6.54 Å². The zero-order valence-corrected chi connectivity index (χ0v) is 12.2. The lowest BCUT2D eigenvalue weighted by atomic mass is 10.3. The Kier molecular flexibility index (Phi) is 4.32. The van der Waals surface area contributed by atoms with E-state index in [9.17, 15) is 26.7 Å². The van der Waals surface area contributed by atoms with Crippen LogP contribution in [-0.4, -0.2) is 20.1 Å². The summed E-state index contributed by atoms with van der Waals surface area (Å²) in [5.74, 6) is -4.96. The SMILES string of the molecule is CCN(c1ccc(O)cc1)S(=O)(=O)c1cc(F)c(F)c(F)c1. The molecule has 0 unspecified atom stereocenters. The van der Waals surface area contributed by atoms with Gasteiger partial charge in [-0.2, -0.15) is 0 Å². The summed E-state index contributed by atoms with van der Waals surface area (Å²) in [7, 11) is -4.27. The molecule has 0 aliphatic heterocycles. The van der Waals surface area contributed by atoms with E-state index < -0.39 is 32.4 Å². The molecule has 0 saturated carbocycles. The van der Waals surface area contributed by atoms with Crippen molar-refractivity contribution in [2.24, 2.45) is 0 Å². The standard InChI is InChI=1S/C14H12F3NO3S/c1-2-18(9-3-5-10(19)6-4-9)22(20,21)11-7-12(15)14(17)13(16)8-11/h3-8,19H,2H2,1H3. The molecule has 22 heavy (non-hydrogen) atoms. The number of nitrogens with zero attached hydrogens (tertiary/aromatic N) is 1. The van der Waals surface area contributed by atoms with Crippen molar-refractivity contribution in [2.75, 3.05) is 10.8 Å². The molecule has 0 amide bonds. The minimum absolute atomic E-state index is 0.0201. The molecule has 0 saturated heterocycles. The van der Waals surface area contributed by atoms with Crippen molar-refractivity contribution in [3.05, 3.63) is 53.8 Å². The molecule has 0 aliphatic rings. The van der Waals surface area contributed by atoms with Gasteiger partial charge in [0.2, 0.25) is 0 Å². The molecule has 2 aromatic rings. The van der Waals surface area contributed by atoms with E-state index in [0.717, 1.165) is 4.31 Å². The van der Waals surface area contributed by atoms with Crippen molar-refractivity contribution < 1.29 is 26.7 Å². The first-order valence-corrected chi connectivity index (χ1v) is 7.67.